The van der Waals surface area contributed by atoms with Gasteiger partial charge in [-0.25, -0.2) is 0 Å². The lowest BCUT2D eigenvalue weighted by Gasteiger charge is -2.08. The first-order valence-electron chi connectivity index (χ1n) is 7.13. The molecule has 0 saturated heterocycles. The second-order valence-electron chi connectivity index (χ2n) is 4.74. The van der Waals surface area contributed by atoms with Gasteiger partial charge in [0.1, 0.15) is 0 Å². The highest BCUT2D eigenvalue weighted by atomic mass is 16.2. The lowest BCUT2D eigenvalue weighted by atomic mass is 10.0. The molecule has 0 heterocycles. The molecule has 2 aromatic rings. The van der Waals surface area contributed by atoms with Gasteiger partial charge < -0.3 is 0 Å². The Hall–Kier alpha value is -2.42. The maximum atomic E-state index is 12.2. The SMILES string of the molecule is CCc1ccccc1C(=O)[N]C(=O)c1ccccc1CC. The molecule has 0 aromatic heterocycles. The van der Waals surface area contributed by atoms with E-state index in [2.05, 4.69) is 5.32 Å². The van der Waals surface area contributed by atoms with E-state index in [9.17, 15) is 9.59 Å². The summed E-state index contributed by atoms with van der Waals surface area (Å²) in [6.07, 6.45) is 1.47. The summed E-state index contributed by atoms with van der Waals surface area (Å²) in [5, 5.41) is 3.76. The molecule has 0 aliphatic heterocycles. The first kappa shape index (κ1) is 15.0. The van der Waals surface area contributed by atoms with E-state index < -0.39 is 11.8 Å². The van der Waals surface area contributed by atoms with Gasteiger partial charge >= 0.3 is 0 Å². The molecular formula is C18H18NO2. The van der Waals surface area contributed by atoms with E-state index in [1.807, 2.05) is 38.1 Å². The Morgan fingerprint density at radius 2 is 1.14 bits per heavy atom. The molecule has 2 aromatic carbocycles. The van der Waals surface area contributed by atoms with E-state index in [4.69, 9.17) is 0 Å². The minimum absolute atomic E-state index is 0.469. The van der Waals surface area contributed by atoms with Crippen molar-refractivity contribution >= 4 is 11.8 Å². The summed E-state index contributed by atoms with van der Waals surface area (Å²) in [7, 11) is 0. The second-order valence-corrected chi connectivity index (χ2v) is 4.74. The minimum Gasteiger partial charge on any atom is -0.267 e. The summed E-state index contributed by atoms with van der Waals surface area (Å²) < 4.78 is 0. The molecule has 0 saturated carbocycles. The average molecular weight is 280 g/mol. The van der Waals surface area contributed by atoms with Crippen LogP contribution in [0, 0.1) is 0 Å². The summed E-state index contributed by atoms with van der Waals surface area (Å²) >= 11 is 0. The maximum Gasteiger partial charge on any atom is 0.280 e. The van der Waals surface area contributed by atoms with Crippen LogP contribution in [0.5, 0.6) is 0 Å². The minimum atomic E-state index is -0.469. The van der Waals surface area contributed by atoms with Gasteiger partial charge in [-0.2, -0.15) is 5.32 Å². The number of hydrogen-bond donors (Lipinski definition) is 0. The van der Waals surface area contributed by atoms with Gasteiger partial charge in [0.05, 0.1) is 0 Å². The molecule has 0 atom stereocenters. The fourth-order valence-electron chi connectivity index (χ4n) is 2.29. The summed E-state index contributed by atoms with van der Waals surface area (Å²) in [5.74, 6) is -0.938. The zero-order valence-electron chi connectivity index (χ0n) is 12.3. The van der Waals surface area contributed by atoms with Gasteiger partial charge in [0.2, 0.25) is 0 Å². The second kappa shape index (κ2) is 6.84. The van der Waals surface area contributed by atoms with Gasteiger partial charge in [-0.1, -0.05) is 50.2 Å². The summed E-state index contributed by atoms with van der Waals surface area (Å²) in [6.45, 7) is 3.95. The molecule has 0 aliphatic rings. The van der Waals surface area contributed by atoms with Gasteiger partial charge in [0.15, 0.2) is 0 Å². The van der Waals surface area contributed by atoms with Crippen LogP contribution in [-0.2, 0) is 12.8 Å². The molecule has 2 amide bonds. The number of carbonyl (C=O) groups is 2. The quantitative estimate of drug-likeness (QED) is 0.806. The van der Waals surface area contributed by atoms with Gasteiger partial charge in [0.25, 0.3) is 11.8 Å². The normalized spacial score (nSPS) is 10.2. The Bertz CT molecular complexity index is 604. The van der Waals surface area contributed by atoms with Crippen LogP contribution in [0.15, 0.2) is 48.5 Å². The van der Waals surface area contributed by atoms with Gasteiger partial charge in [-0.15, -0.1) is 0 Å². The van der Waals surface area contributed by atoms with Crippen LogP contribution in [0.1, 0.15) is 45.7 Å². The van der Waals surface area contributed by atoms with Gasteiger partial charge in [-0.05, 0) is 36.1 Å². The van der Waals surface area contributed by atoms with E-state index in [1.165, 1.54) is 0 Å². The lowest BCUT2D eigenvalue weighted by Crippen LogP contribution is -2.25. The standard InChI is InChI=1S/C18H18NO2/c1-3-13-9-5-7-11-15(13)17(20)19-18(21)16-12-8-6-10-14(16)4-2/h5-12H,3-4H2,1-2H3. The number of benzene rings is 2. The molecule has 0 spiro atoms. The average Bonchev–Trinajstić information content (AvgIpc) is 2.54. The molecule has 0 bridgehead atoms. The molecule has 107 valence electrons. The van der Waals surface area contributed by atoms with Crippen LogP contribution in [0.4, 0.5) is 0 Å². The Kier molecular flexibility index (Phi) is 4.88. The van der Waals surface area contributed by atoms with Crippen molar-refractivity contribution in [3.8, 4) is 0 Å². The van der Waals surface area contributed by atoms with E-state index in [-0.39, 0.29) is 0 Å². The molecular weight excluding hydrogens is 262 g/mol. The highest BCUT2D eigenvalue weighted by Gasteiger charge is 2.18. The van der Waals surface area contributed by atoms with Crippen LogP contribution < -0.4 is 5.32 Å². The van der Waals surface area contributed by atoms with Crippen molar-refractivity contribution in [1.29, 1.82) is 0 Å². The third kappa shape index (κ3) is 3.37. The Morgan fingerprint density at radius 1 is 0.762 bits per heavy atom. The van der Waals surface area contributed by atoms with Crippen LogP contribution in [0.2, 0.25) is 0 Å². The fourth-order valence-corrected chi connectivity index (χ4v) is 2.29. The zero-order valence-corrected chi connectivity index (χ0v) is 12.3. The highest BCUT2D eigenvalue weighted by Crippen LogP contribution is 2.13. The van der Waals surface area contributed by atoms with Crippen LogP contribution in [0.3, 0.4) is 0 Å². The first-order valence-corrected chi connectivity index (χ1v) is 7.13. The predicted octanol–water partition coefficient (Wildman–Crippen LogP) is 3.40. The number of aryl methyl sites for hydroxylation is 2. The maximum absolute atomic E-state index is 12.2. The molecule has 2 rings (SSSR count). The predicted molar refractivity (Wildman–Crippen MR) is 82.4 cm³/mol. The number of amides is 2. The van der Waals surface area contributed by atoms with Crippen molar-refractivity contribution in [3.63, 3.8) is 0 Å². The molecule has 3 heteroatoms. The van der Waals surface area contributed by atoms with Gasteiger partial charge in [-0.3, -0.25) is 9.59 Å². The van der Waals surface area contributed by atoms with Crippen LogP contribution in [0.25, 0.3) is 0 Å². The van der Waals surface area contributed by atoms with Gasteiger partial charge in [0, 0.05) is 11.1 Å². The zero-order chi connectivity index (χ0) is 15.2. The number of rotatable bonds is 4. The van der Waals surface area contributed by atoms with Crippen molar-refractivity contribution in [1.82, 2.24) is 5.32 Å². The largest absolute Gasteiger partial charge is 0.280 e. The number of hydrogen-bond acceptors (Lipinski definition) is 2. The topological polar surface area (TPSA) is 48.2 Å². The third-order valence-corrected chi connectivity index (χ3v) is 3.46. The Morgan fingerprint density at radius 3 is 1.52 bits per heavy atom. The lowest BCUT2D eigenvalue weighted by molar-refractivity contribution is 0.0842. The Labute approximate surface area is 125 Å². The summed E-state index contributed by atoms with van der Waals surface area (Å²) in [4.78, 5) is 24.4. The molecule has 0 fully saturated rings. The third-order valence-electron chi connectivity index (χ3n) is 3.46. The number of nitrogens with zero attached hydrogens (tertiary/aromatic N) is 1. The molecule has 0 N–H and O–H groups in total. The monoisotopic (exact) mass is 280 g/mol. The highest BCUT2D eigenvalue weighted by molar-refractivity contribution is 6.11. The summed E-state index contributed by atoms with van der Waals surface area (Å²) in [5.41, 5.74) is 2.82. The van der Waals surface area contributed by atoms with E-state index in [0.717, 1.165) is 24.0 Å². The van der Waals surface area contributed by atoms with E-state index in [1.54, 1.807) is 24.3 Å². The van der Waals surface area contributed by atoms with E-state index in [0.29, 0.717) is 11.1 Å². The molecule has 3 nitrogen and oxygen atoms in total. The van der Waals surface area contributed by atoms with E-state index >= 15 is 0 Å². The molecule has 0 aliphatic carbocycles. The smallest absolute Gasteiger partial charge is 0.267 e. The number of imide groups is 1. The molecule has 0 unspecified atom stereocenters. The Balaban J connectivity index is 2.21. The summed E-state index contributed by atoms with van der Waals surface area (Å²) in [6, 6.07) is 14.5. The molecule has 21 heavy (non-hydrogen) atoms. The van der Waals surface area contributed by atoms with Crippen LogP contribution in [-0.4, -0.2) is 11.8 Å². The van der Waals surface area contributed by atoms with Crippen molar-refractivity contribution in [2.75, 3.05) is 0 Å². The number of carbonyl (C=O) groups excluding carboxylic acids is 2. The van der Waals surface area contributed by atoms with Crippen molar-refractivity contribution in [3.05, 3.63) is 70.8 Å². The van der Waals surface area contributed by atoms with Crippen molar-refractivity contribution in [2.24, 2.45) is 0 Å². The molecule has 1 radical (unpaired) electrons. The first-order chi connectivity index (χ1) is 10.2. The van der Waals surface area contributed by atoms with Crippen molar-refractivity contribution < 1.29 is 9.59 Å². The van der Waals surface area contributed by atoms with Crippen molar-refractivity contribution in [2.45, 2.75) is 26.7 Å². The fraction of sp³-hybridized carbons (Fsp3) is 0.222. The van der Waals surface area contributed by atoms with Crippen LogP contribution >= 0.6 is 0 Å².